The van der Waals surface area contributed by atoms with Crippen LogP contribution in [0.4, 0.5) is 45.2 Å². The Morgan fingerprint density at radius 3 is 1.90 bits per heavy atom. The fourth-order valence-electron chi connectivity index (χ4n) is 6.15. The molecule has 0 saturated heterocycles. The van der Waals surface area contributed by atoms with E-state index in [0.29, 0.717) is 35.7 Å². The predicted molar refractivity (Wildman–Crippen MR) is 161 cm³/mol. The van der Waals surface area contributed by atoms with Crippen LogP contribution < -0.4 is 10.1 Å². The molecule has 5 rings (SSSR count). The minimum atomic E-state index is -6.19. The molecule has 1 N–H and O–H groups in total. The summed E-state index contributed by atoms with van der Waals surface area (Å²) in [5, 5.41) is 3.21. The summed E-state index contributed by atoms with van der Waals surface area (Å²) < 4.78 is 165. The number of rotatable bonds is 10. The first-order chi connectivity index (χ1) is 22.9. The Morgan fingerprint density at radius 1 is 0.796 bits per heavy atom. The number of hydrogen-bond donors (Lipinski definition) is 1. The Hall–Kier alpha value is -4.24. The number of anilines is 1. The second kappa shape index (κ2) is 13.2. The van der Waals surface area contributed by atoms with Crippen molar-refractivity contribution in [3.05, 3.63) is 125 Å². The summed E-state index contributed by atoms with van der Waals surface area (Å²) in [5.74, 6) is -3.00. The molecule has 2 atom stereocenters. The largest absolute Gasteiger partial charge is 0.497 e. The van der Waals surface area contributed by atoms with Crippen LogP contribution in [0.25, 0.3) is 0 Å². The molecule has 5 nitrogen and oxygen atoms in total. The number of benzene rings is 4. The lowest BCUT2D eigenvalue weighted by molar-refractivity contribution is -0.392. The van der Waals surface area contributed by atoms with E-state index in [0.717, 1.165) is 42.5 Å². The maximum Gasteiger partial charge on any atom is 0.430 e. The van der Waals surface area contributed by atoms with Crippen molar-refractivity contribution < 1.29 is 57.4 Å². The van der Waals surface area contributed by atoms with Crippen molar-refractivity contribution >= 4 is 15.5 Å². The van der Waals surface area contributed by atoms with Gasteiger partial charge in [-0.25, -0.2) is 21.6 Å². The number of hydrogen-bond acceptors (Lipinski definition) is 5. The minimum Gasteiger partial charge on any atom is -0.497 e. The molecular weight excluding hydrogens is 689 g/mol. The first-order valence-electron chi connectivity index (χ1n) is 14.7. The van der Waals surface area contributed by atoms with E-state index in [1.54, 1.807) is 24.3 Å². The van der Waals surface area contributed by atoms with Crippen LogP contribution in [0, 0.1) is 17.5 Å². The number of ether oxygens (including phenoxy) is 2. The molecule has 0 aliphatic heterocycles. The van der Waals surface area contributed by atoms with Gasteiger partial charge in [0, 0.05) is 22.9 Å². The van der Waals surface area contributed by atoms with E-state index in [1.807, 2.05) is 0 Å². The van der Waals surface area contributed by atoms with Gasteiger partial charge in [-0.3, -0.25) is 0 Å². The van der Waals surface area contributed by atoms with E-state index < -0.39 is 73.8 Å². The quantitative estimate of drug-likeness (QED) is 0.131. The molecular formula is C34H28F9NO4S. The summed E-state index contributed by atoms with van der Waals surface area (Å²) in [6.45, 7) is -1.74. The van der Waals surface area contributed by atoms with E-state index in [2.05, 4.69) is 10.1 Å². The molecule has 1 saturated carbocycles. The molecule has 0 radical (unpaired) electrons. The molecule has 0 aromatic heterocycles. The van der Waals surface area contributed by atoms with Gasteiger partial charge in [0.25, 0.3) is 5.60 Å². The van der Waals surface area contributed by atoms with Crippen LogP contribution in [0.1, 0.15) is 36.0 Å². The first kappa shape index (κ1) is 36.1. The first-order valence-corrected chi connectivity index (χ1v) is 16.2. The normalized spacial score (nSPS) is 18.8. The van der Waals surface area contributed by atoms with Crippen molar-refractivity contribution in [1.29, 1.82) is 0 Å². The summed E-state index contributed by atoms with van der Waals surface area (Å²) in [5.41, 5.74) is -7.22. The Balaban J connectivity index is 1.58. The third-order valence-corrected chi connectivity index (χ3v) is 11.2. The standard InChI is InChI=1S/C34H28F9NO4S/c1-47-26-13-11-24(12-14-26)44-25-17-18-31(19-25,49(45,46)27-15-9-23(35)10-16-27)21-5-7-22(8-6-21)32(33(38,39)40,34(41,42)43)48-20-28-29(36)3-2-4-30(28)37/h2-16,25,44H,17-20H2,1H3. The summed E-state index contributed by atoms with van der Waals surface area (Å²) in [7, 11) is -2.98. The number of nitrogens with one attached hydrogen (secondary N) is 1. The Labute approximate surface area is 275 Å². The van der Waals surface area contributed by atoms with Gasteiger partial charge in [0.2, 0.25) is 0 Å². The lowest BCUT2D eigenvalue weighted by atomic mass is 9.88. The summed E-state index contributed by atoms with van der Waals surface area (Å²) in [6.07, 6.45) is -12.4. The molecule has 15 heteroatoms. The lowest BCUT2D eigenvalue weighted by Crippen LogP contribution is -2.56. The van der Waals surface area contributed by atoms with Gasteiger partial charge in [-0.1, -0.05) is 30.3 Å². The van der Waals surface area contributed by atoms with E-state index >= 15 is 0 Å². The maximum atomic E-state index is 14.5. The fourth-order valence-corrected chi connectivity index (χ4v) is 8.35. The van der Waals surface area contributed by atoms with E-state index in [1.165, 1.54) is 7.11 Å². The zero-order valence-electron chi connectivity index (χ0n) is 25.5. The van der Waals surface area contributed by atoms with Crippen molar-refractivity contribution in [3.63, 3.8) is 0 Å². The molecule has 0 spiro atoms. The molecule has 2 unspecified atom stereocenters. The van der Waals surface area contributed by atoms with Crippen LogP contribution in [0.3, 0.4) is 0 Å². The molecule has 0 amide bonds. The molecule has 1 aliphatic carbocycles. The number of halogens is 9. The van der Waals surface area contributed by atoms with Gasteiger partial charge >= 0.3 is 12.4 Å². The van der Waals surface area contributed by atoms with Gasteiger partial charge in [0.15, 0.2) is 9.84 Å². The van der Waals surface area contributed by atoms with E-state index in [-0.39, 0.29) is 29.7 Å². The van der Waals surface area contributed by atoms with Crippen LogP contribution >= 0.6 is 0 Å². The molecule has 4 aromatic rings. The minimum absolute atomic E-state index is 0.105. The van der Waals surface area contributed by atoms with E-state index in [9.17, 15) is 47.9 Å². The fraction of sp³-hybridized carbons (Fsp3) is 0.294. The third-order valence-electron chi connectivity index (χ3n) is 8.68. The summed E-state index contributed by atoms with van der Waals surface area (Å²) >= 11 is 0. The van der Waals surface area contributed by atoms with Crippen LogP contribution in [0.5, 0.6) is 5.75 Å². The van der Waals surface area contributed by atoms with E-state index in [4.69, 9.17) is 4.74 Å². The van der Waals surface area contributed by atoms with Crippen molar-refractivity contribution in [2.24, 2.45) is 0 Å². The second-order valence-corrected chi connectivity index (χ2v) is 13.8. The highest BCUT2D eigenvalue weighted by atomic mass is 32.2. The highest BCUT2D eigenvalue weighted by Crippen LogP contribution is 2.55. The van der Waals surface area contributed by atoms with Crippen molar-refractivity contribution in [3.8, 4) is 5.75 Å². The van der Waals surface area contributed by atoms with Gasteiger partial charge in [0.05, 0.1) is 18.6 Å². The molecule has 4 aromatic carbocycles. The monoisotopic (exact) mass is 717 g/mol. The van der Waals surface area contributed by atoms with Gasteiger partial charge in [-0.2, -0.15) is 26.3 Å². The predicted octanol–water partition coefficient (Wildman–Crippen LogP) is 8.98. The Morgan fingerprint density at radius 2 is 1.37 bits per heavy atom. The number of methoxy groups -OCH3 is 1. The molecule has 1 fully saturated rings. The van der Waals surface area contributed by atoms with Crippen LogP contribution in [0.15, 0.2) is 95.9 Å². The van der Waals surface area contributed by atoms with Gasteiger partial charge < -0.3 is 14.8 Å². The maximum absolute atomic E-state index is 14.5. The lowest BCUT2D eigenvalue weighted by Gasteiger charge is -2.38. The van der Waals surface area contributed by atoms with Crippen LogP contribution in [0.2, 0.25) is 0 Å². The SMILES string of the molecule is COc1ccc(NC2CCC(c3ccc(C(OCc4c(F)cccc4F)(C(F)(F)F)C(F)(F)F)cc3)(S(=O)(=O)c3ccc(F)cc3)C2)cc1. The molecule has 1 aliphatic rings. The second-order valence-electron chi connectivity index (χ2n) is 11.5. The Bertz CT molecular complexity index is 1850. The summed E-state index contributed by atoms with van der Waals surface area (Å²) in [6, 6.07) is 14.8. The van der Waals surface area contributed by atoms with Crippen LogP contribution in [-0.2, 0) is 31.5 Å². The molecule has 262 valence electrons. The van der Waals surface area contributed by atoms with Crippen molar-refractivity contribution in [2.45, 2.75) is 59.5 Å². The zero-order chi connectivity index (χ0) is 35.8. The molecule has 0 heterocycles. The third kappa shape index (κ3) is 6.57. The van der Waals surface area contributed by atoms with Gasteiger partial charge in [-0.15, -0.1) is 0 Å². The highest BCUT2D eigenvalue weighted by molar-refractivity contribution is 7.92. The Kier molecular flexibility index (Phi) is 9.74. The smallest absolute Gasteiger partial charge is 0.430 e. The average Bonchev–Trinajstić information content (AvgIpc) is 3.47. The highest BCUT2D eigenvalue weighted by Gasteiger charge is 2.73. The molecule has 49 heavy (non-hydrogen) atoms. The summed E-state index contributed by atoms with van der Waals surface area (Å²) in [4.78, 5) is -0.307. The topological polar surface area (TPSA) is 64.6 Å². The van der Waals surface area contributed by atoms with Gasteiger partial charge in [0.1, 0.15) is 27.9 Å². The average molecular weight is 718 g/mol. The van der Waals surface area contributed by atoms with Crippen molar-refractivity contribution in [2.75, 3.05) is 12.4 Å². The number of alkyl halides is 6. The van der Waals surface area contributed by atoms with Crippen molar-refractivity contribution in [1.82, 2.24) is 0 Å². The number of sulfone groups is 1. The van der Waals surface area contributed by atoms with Gasteiger partial charge in [-0.05, 0) is 85.5 Å². The zero-order valence-corrected chi connectivity index (χ0v) is 26.3. The van der Waals surface area contributed by atoms with Crippen LogP contribution in [-0.4, -0.2) is 33.9 Å². The molecule has 0 bridgehead atoms.